The van der Waals surface area contributed by atoms with Gasteiger partial charge < -0.3 is 20.3 Å². The molecule has 7 heteroatoms. The number of unbranched alkanes of at least 4 members (excludes halogenated alkanes) is 2. The highest BCUT2D eigenvalue weighted by molar-refractivity contribution is 5.92. The van der Waals surface area contributed by atoms with Gasteiger partial charge in [-0.1, -0.05) is 51.8 Å². The molecule has 0 radical (unpaired) electrons. The average molecular weight is 490 g/mol. The van der Waals surface area contributed by atoms with E-state index in [1.807, 2.05) is 59.7 Å². The van der Waals surface area contributed by atoms with Crippen LogP contribution in [0.15, 0.2) is 18.2 Å². The molecule has 198 valence electrons. The zero-order chi connectivity index (χ0) is 26.9. The number of alkyl carbamates (subject to hydrolysis) is 1. The number of hydrogen-bond acceptors (Lipinski definition) is 4. The summed E-state index contributed by atoms with van der Waals surface area (Å²) in [5.74, 6) is -0.733. The number of nitrogens with one attached hydrogen (secondary N) is 2. The molecule has 0 fully saturated rings. The number of carbonyl (C=O) groups excluding carboxylic acids is 3. The van der Waals surface area contributed by atoms with Crippen LogP contribution < -0.4 is 10.6 Å². The van der Waals surface area contributed by atoms with Crippen LogP contribution in [0.4, 0.5) is 4.79 Å². The van der Waals surface area contributed by atoms with E-state index >= 15 is 0 Å². The van der Waals surface area contributed by atoms with Crippen LogP contribution in [-0.2, 0) is 14.3 Å². The predicted molar refractivity (Wildman–Crippen MR) is 141 cm³/mol. The molecule has 2 unspecified atom stereocenters. The van der Waals surface area contributed by atoms with Crippen LogP contribution in [0.2, 0.25) is 0 Å². The Hall–Kier alpha value is -2.57. The Balaban J connectivity index is 3.41. The first-order valence-electron chi connectivity index (χ1n) is 12.9. The SMILES string of the molecule is CCCCCNC(=O)C(c1ccc(C)c(C)c1)N(C(=O)C(NC(=O)OC(C)(C)C)C(C)C)C(C)C. The second-order valence-corrected chi connectivity index (χ2v) is 11.0. The molecule has 1 rings (SSSR count). The lowest BCUT2D eigenvalue weighted by Gasteiger charge is -2.38. The first-order chi connectivity index (χ1) is 16.2. The van der Waals surface area contributed by atoms with E-state index in [0.717, 1.165) is 36.0 Å². The molecule has 0 saturated heterocycles. The predicted octanol–water partition coefficient (Wildman–Crippen LogP) is 5.44. The molecule has 0 spiro atoms. The number of aryl methyl sites for hydroxylation is 2. The molecule has 1 aromatic rings. The molecule has 0 heterocycles. The Morgan fingerprint density at radius 2 is 1.63 bits per heavy atom. The van der Waals surface area contributed by atoms with Crippen molar-refractivity contribution in [3.05, 3.63) is 34.9 Å². The highest BCUT2D eigenvalue weighted by Crippen LogP contribution is 2.27. The Morgan fingerprint density at radius 1 is 1.00 bits per heavy atom. The van der Waals surface area contributed by atoms with E-state index in [1.165, 1.54) is 0 Å². The van der Waals surface area contributed by atoms with Gasteiger partial charge in [-0.15, -0.1) is 0 Å². The summed E-state index contributed by atoms with van der Waals surface area (Å²) < 4.78 is 5.41. The van der Waals surface area contributed by atoms with Crippen molar-refractivity contribution in [2.75, 3.05) is 6.54 Å². The maximum absolute atomic E-state index is 14.0. The van der Waals surface area contributed by atoms with Crippen molar-refractivity contribution in [1.29, 1.82) is 0 Å². The van der Waals surface area contributed by atoms with Gasteiger partial charge in [-0.05, 0) is 77.5 Å². The largest absolute Gasteiger partial charge is 0.444 e. The number of hydrogen-bond donors (Lipinski definition) is 2. The minimum Gasteiger partial charge on any atom is -0.444 e. The molecule has 0 bridgehead atoms. The van der Waals surface area contributed by atoms with E-state index in [4.69, 9.17) is 4.74 Å². The number of benzene rings is 1. The van der Waals surface area contributed by atoms with Crippen LogP contribution >= 0.6 is 0 Å². The standard InChI is InChI=1S/C28H47N3O4/c1-11-12-13-16-29-25(32)24(22-15-14-20(6)21(7)17-22)31(19(4)5)26(33)23(18(2)3)30-27(34)35-28(8,9)10/h14-15,17-19,23-24H,11-13,16H2,1-10H3,(H,29,32)(H,30,34). The van der Waals surface area contributed by atoms with Gasteiger partial charge in [-0.25, -0.2) is 4.79 Å². The number of ether oxygens (including phenoxy) is 1. The third kappa shape index (κ3) is 9.54. The molecular weight excluding hydrogens is 442 g/mol. The number of carbonyl (C=O) groups is 3. The van der Waals surface area contributed by atoms with Gasteiger partial charge in [0.2, 0.25) is 11.8 Å². The summed E-state index contributed by atoms with van der Waals surface area (Å²) in [5, 5.41) is 5.79. The van der Waals surface area contributed by atoms with Gasteiger partial charge in [-0.2, -0.15) is 0 Å². The van der Waals surface area contributed by atoms with Crippen LogP contribution in [0.25, 0.3) is 0 Å². The van der Waals surface area contributed by atoms with Crippen molar-refractivity contribution in [3.8, 4) is 0 Å². The molecule has 1 aromatic carbocycles. The summed E-state index contributed by atoms with van der Waals surface area (Å²) in [7, 11) is 0. The van der Waals surface area contributed by atoms with Gasteiger partial charge >= 0.3 is 6.09 Å². The third-order valence-electron chi connectivity index (χ3n) is 5.87. The van der Waals surface area contributed by atoms with E-state index in [1.54, 1.807) is 25.7 Å². The molecule has 2 N–H and O–H groups in total. The molecule has 0 aromatic heterocycles. The van der Waals surface area contributed by atoms with Crippen molar-refractivity contribution < 1.29 is 19.1 Å². The molecule has 2 atom stereocenters. The van der Waals surface area contributed by atoms with Gasteiger partial charge in [0.1, 0.15) is 17.7 Å². The summed E-state index contributed by atoms with van der Waals surface area (Å²) in [6.45, 7) is 19.5. The van der Waals surface area contributed by atoms with Gasteiger partial charge in [0.15, 0.2) is 0 Å². The zero-order valence-electron chi connectivity index (χ0n) is 23.5. The monoisotopic (exact) mass is 489 g/mol. The summed E-state index contributed by atoms with van der Waals surface area (Å²) in [5.41, 5.74) is 2.23. The summed E-state index contributed by atoms with van der Waals surface area (Å²) in [4.78, 5) is 41.6. The first-order valence-corrected chi connectivity index (χ1v) is 12.9. The van der Waals surface area contributed by atoms with E-state index < -0.39 is 23.8 Å². The molecule has 0 aliphatic heterocycles. The van der Waals surface area contributed by atoms with Gasteiger partial charge in [-0.3, -0.25) is 9.59 Å². The highest BCUT2D eigenvalue weighted by Gasteiger charge is 2.38. The second kappa shape index (κ2) is 13.5. The Bertz CT molecular complexity index is 858. The average Bonchev–Trinajstić information content (AvgIpc) is 2.73. The van der Waals surface area contributed by atoms with E-state index in [-0.39, 0.29) is 23.8 Å². The maximum Gasteiger partial charge on any atom is 0.408 e. The van der Waals surface area contributed by atoms with Gasteiger partial charge in [0.25, 0.3) is 0 Å². The molecule has 0 aliphatic rings. The minimum absolute atomic E-state index is 0.204. The fourth-order valence-electron chi connectivity index (χ4n) is 3.84. The number of amides is 3. The highest BCUT2D eigenvalue weighted by atomic mass is 16.6. The quantitative estimate of drug-likeness (QED) is 0.405. The van der Waals surface area contributed by atoms with Crippen molar-refractivity contribution in [3.63, 3.8) is 0 Å². The van der Waals surface area contributed by atoms with Crippen LogP contribution in [0, 0.1) is 19.8 Å². The molecule has 35 heavy (non-hydrogen) atoms. The van der Waals surface area contributed by atoms with Crippen molar-refractivity contribution in [2.24, 2.45) is 5.92 Å². The normalized spacial score (nSPS) is 13.4. The van der Waals surface area contributed by atoms with Gasteiger partial charge in [0.05, 0.1) is 0 Å². The Morgan fingerprint density at radius 3 is 2.11 bits per heavy atom. The summed E-state index contributed by atoms with van der Waals surface area (Å²) in [6.07, 6.45) is 2.31. The van der Waals surface area contributed by atoms with Crippen molar-refractivity contribution in [2.45, 2.75) is 112 Å². The minimum atomic E-state index is -0.839. The fourth-order valence-corrected chi connectivity index (χ4v) is 3.84. The molecule has 0 aliphatic carbocycles. The van der Waals surface area contributed by atoms with Gasteiger partial charge in [0, 0.05) is 12.6 Å². The lowest BCUT2D eigenvalue weighted by molar-refractivity contribution is -0.145. The molecule has 7 nitrogen and oxygen atoms in total. The zero-order valence-corrected chi connectivity index (χ0v) is 23.5. The maximum atomic E-state index is 14.0. The van der Waals surface area contributed by atoms with E-state index in [9.17, 15) is 14.4 Å². The second-order valence-electron chi connectivity index (χ2n) is 11.0. The summed E-state index contributed by atoms with van der Waals surface area (Å²) >= 11 is 0. The Labute approximate surface area is 212 Å². The molecule has 0 saturated carbocycles. The van der Waals surface area contributed by atoms with E-state index in [0.29, 0.717) is 6.54 Å². The lowest BCUT2D eigenvalue weighted by atomic mass is 9.95. The fraction of sp³-hybridized carbons (Fsp3) is 0.679. The van der Waals surface area contributed by atoms with Crippen molar-refractivity contribution in [1.82, 2.24) is 15.5 Å². The topological polar surface area (TPSA) is 87.7 Å². The van der Waals surface area contributed by atoms with Crippen LogP contribution in [-0.4, -0.2) is 47.0 Å². The lowest BCUT2D eigenvalue weighted by Crippen LogP contribution is -2.56. The molecular formula is C28H47N3O4. The number of nitrogens with zero attached hydrogens (tertiary/aromatic N) is 1. The summed E-state index contributed by atoms with van der Waals surface area (Å²) in [6, 6.07) is 3.92. The Kier molecular flexibility index (Phi) is 11.7. The first kappa shape index (κ1) is 30.5. The van der Waals surface area contributed by atoms with Crippen LogP contribution in [0.1, 0.15) is 97.4 Å². The van der Waals surface area contributed by atoms with Crippen LogP contribution in [0.5, 0.6) is 0 Å². The van der Waals surface area contributed by atoms with Crippen molar-refractivity contribution >= 4 is 17.9 Å². The smallest absolute Gasteiger partial charge is 0.408 e. The van der Waals surface area contributed by atoms with Crippen LogP contribution in [0.3, 0.4) is 0 Å². The number of rotatable bonds is 11. The third-order valence-corrected chi connectivity index (χ3v) is 5.87. The van der Waals surface area contributed by atoms with E-state index in [2.05, 4.69) is 17.6 Å². The molecule has 3 amide bonds.